The van der Waals surface area contributed by atoms with Crippen LogP contribution in [0.15, 0.2) is 35.2 Å². The first-order valence-electron chi connectivity index (χ1n) is 9.60. The number of aryl methyl sites for hydroxylation is 1. The van der Waals surface area contributed by atoms with Crippen LogP contribution >= 0.6 is 11.8 Å². The molecular formula is C20H20FN3O5S2. The minimum atomic E-state index is -4.32. The van der Waals surface area contributed by atoms with E-state index in [1.165, 1.54) is 18.2 Å². The normalized spacial score (nSPS) is 16.4. The molecule has 0 unspecified atom stereocenters. The fourth-order valence-corrected chi connectivity index (χ4v) is 5.71. The van der Waals surface area contributed by atoms with Gasteiger partial charge in [0.1, 0.15) is 10.7 Å². The highest BCUT2D eigenvalue weighted by atomic mass is 32.2. The highest BCUT2D eigenvalue weighted by Crippen LogP contribution is 2.31. The van der Waals surface area contributed by atoms with Crippen LogP contribution in [0.3, 0.4) is 0 Å². The molecule has 0 bridgehead atoms. The van der Waals surface area contributed by atoms with E-state index >= 15 is 0 Å². The first-order chi connectivity index (χ1) is 14.7. The van der Waals surface area contributed by atoms with Gasteiger partial charge in [0.25, 0.3) is 10.0 Å². The number of fused-ring (bicyclic) bond motifs is 1. The Morgan fingerprint density at radius 3 is 2.61 bits per heavy atom. The van der Waals surface area contributed by atoms with Crippen molar-refractivity contribution in [2.75, 3.05) is 39.5 Å². The number of carbonyl (C=O) groups is 2. The Kier molecular flexibility index (Phi) is 5.80. The van der Waals surface area contributed by atoms with Crippen molar-refractivity contribution in [3.05, 3.63) is 47.3 Å². The average Bonchev–Trinajstić information content (AvgIpc) is 2.73. The molecule has 31 heavy (non-hydrogen) atoms. The molecule has 0 aliphatic carbocycles. The summed E-state index contributed by atoms with van der Waals surface area (Å²) < 4.78 is 42.5. The van der Waals surface area contributed by atoms with Gasteiger partial charge in [-0.3, -0.25) is 9.52 Å². The van der Waals surface area contributed by atoms with Crippen LogP contribution in [0.1, 0.15) is 22.3 Å². The van der Waals surface area contributed by atoms with E-state index < -0.39 is 26.7 Å². The van der Waals surface area contributed by atoms with Crippen molar-refractivity contribution in [1.82, 2.24) is 0 Å². The smallest absolute Gasteiger partial charge is 0.337 e. The lowest BCUT2D eigenvalue weighted by atomic mass is 10.0. The van der Waals surface area contributed by atoms with Crippen molar-refractivity contribution in [3.63, 3.8) is 0 Å². The number of amides is 1. The summed E-state index contributed by atoms with van der Waals surface area (Å²) >= 11 is 1.79. The molecule has 2 aromatic rings. The van der Waals surface area contributed by atoms with E-state index in [0.717, 1.165) is 17.6 Å². The number of hydrogen-bond acceptors (Lipinski definition) is 6. The van der Waals surface area contributed by atoms with Crippen LogP contribution < -0.4 is 14.9 Å². The maximum atomic E-state index is 14.5. The number of hydrogen-bond donors (Lipinski definition) is 3. The molecule has 3 N–H and O–H groups in total. The molecule has 0 radical (unpaired) electrons. The van der Waals surface area contributed by atoms with Crippen LogP contribution in [0.5, 0.6) is 0 Å². The number of nitrogens with one attached hydrogen (secondary N) is 2. The highest BCUT2D eigenvalue weighted by molar-refractivity contribution is 7.99. The van der Waals surface area contributed by atoms with Gasteiger partial charge in [0, 0.05) is 42.4 Å². The molecule has 2 aliphatic rings. The number of benzene rings is 2. The second kappa shape index (κ2) is 8.39. The van der Waals surface area contributed by atoms with E-state index in [-0.39, 0.29) is 29.3 Å². The maximum Gasteiger partial charge on any atom is 0.337 e. The van der Waals surface area contributed by atoms with Gasteiger partial charge in [0.05, 0.1) is 11.3 Å². The molecule has 0 atom stereocenters. The van der Waals surface area contributed by atoms with E-state index in [1.54, 1.807) is 17.8 Å². The third-order valence-electron chi connectivity index (χ3n) is 5.17. The van der Waals surface area contributed by atoms with Gasteiger partial charge in [0.2, 0.25) is 5.91 Å². The number of halogens is 1. The van der Waals surface area contributed by atoms with E-state index in [4.69, 9.17) is 0 Å². The quantitative estimate of drug-likeness (QED) is 0.622. The number of thioether (sulfide) groups is 1. The SMILES string of the molecule is O=C1CCc2cc(S(=O)(=O)Nc3ccc(N4CCSCC4)c(C(=O)O)c3)c(F)cc2N1. The summed E-state index contributed by atoms with van der Waals surface area (Å²) in [6.45, 7) is 1.40. The highest BCUT2D eigenvalue weighted by Gasteiger charge is 2.26. The van der Waals surface area contributed by atoms with Gasteiger partial charge in [-0.25, -0.2) is 17.6 Å². The van der Waals surface area contributed by atoms with E-state index in [9.17, 15) is 27.5 Å². The Bertz CT molecular complexity index is 1160. The van der Waals surface area contributed by atoms with E-state index in [1.807, 2.05) is 4.90 Å². The van der Waals surface area contributed by atoms with Gasteiger partial charge >= 0.3 is 5.97 Å². The lowest BCUT2D eigenvalue weighted by Gasteiger charge is -2.29. The molecule has 2 heterocycles. The lowest BCUT2D eigenvalue weighted by Crippen LogP contribution is -2.33. The third kappa shape index (κ3) is 4.47. The largest absolute Gasteiger partial charge is 0.478 e. The number of carboxylic acid groups (broad SMARTS) is 1. The fourth-order valence-electron chi connectivity index (χ4n) is 3.65. The Labute approximate surface area is 182 Å². The number of nitrogens with zero attached hydrogens (tertiary/aromatic N) is 1. The topological polar surface area (TPSA) is 116 Å². The van der Waals surface area contributed by atoms with E-state index in [0.29, 0.717) is 30.8 Å². The molecular weight excluding hydrogens is 445 g/mol. The number of carbonyl (C=O) groups excluding carboxylic acids is 1. The molecule has 2 aliphatic heterocycles. The zero-order valence-electron chi connectivity index (χ0n) is 16.4. The zero-order valence-corrected chi connectivity index (χ0v) is 18.0. The molecule has 1 amide bonds. The van der Waals surface area contributed by atoms with Gasteiger partial charge in [-0.2, -0.15) is 11.8 Å². The Morgan fingerprint density at radius 1 is 1.16 bits per heavy atom. The van der Waals surface area contributed by atoms with Crippen LogP contribution in [0.4, 0.5) is 21.5 Å². The van der Waals surface area contributed by atoms with Crippen LogP contribution in [-0.4, -0.2) is 50.0 Å². The number of anilines is 3. The molecule has 4 rings (SSSR count). The Hall–Kier alpha value is -2.79. The second-order valence-corrected chi connectivity index (χ2v) is 10.1. The average molecular weight is 466 g/mol. The number of rotatable bonds is 5. The summed E-state index contributed by atoms with van der Waals surface area (Å²) in [5, 5.41) is 12.2. The predicted octanol–water partition coefficient (Wildman–Crippen LogP) is 2.76. The van der Waals surface area contributed by atoms with E-state index in [2.05, 4.69) is 10.0 Å². The van der Waals surface area contributed by atoms with Crippen molar-refractivity contribution in [1.29, 1.82) is 0 Å². The molecule has 0 saturated carbocycles. The molecule has 1 fully saturated rings. The molecule has 0 aromatic heterocycles. The fraction of sp³-hybridized carbons (Fsp3) is 0.300. The first-order valence-corrected chi connectivity index (χ1v) is 12.2. The van der Waals surface area contributed by atoms with Crippen LogP contribution in [0.2, 0.25) is 0 Å². The van der Waals surface area contributed by atoms with Crippen molar-refractivity contribution in [3.8, 4) is 0 Å². The van der Waals surface area contributed by atoms with Crippen LogP contribution in [-0.2, 0) is 21.2 Å². The Morgan fingerprint density at radius 2 is 1.90 bits per heavy atom. The van der Waals surface area contributed by atoms with Crippen molar-refractivity contribution >= 4 is 50.7 Å². The molecule has 0 spiro atoms. The zero-order chi connectivity index (χ0) is 22.2. The molecule has 11 heteroatoms. The number of carboxylic acids is 1. The summed E-state index contributed by atoms with van der Waals surface area (Å²) in [5.74, 6) is -0.676. The van der Waals surface area contributed by atoms with Crippen LogP contribution in [0, 0.1) is 5.82 Å². The van der Waals surface area contributed by atoms with Gasteiger partial charge in [0.15, 0.2) is 0 Å². The Balaban J connectivity index is 1.65. The number of sulfonamides is 1. The molecule has 2 aromatic carbocycles. The number of aromatic carboxylic acids is 1. The summed E-state index contributed by atoms with van der Waals surface area (Å²) in [6.07, 6.45) is 0.486. The van der Waals surface area contributed by atoms with Crippen molar-refractivity contribution < 1.29 is 27.5 Å². The summed E-state index contributed by atoms with van der Waals surface area (Å²) in [7, 11) is -4.32. The summed E-state index contributed by atoms with van der Waals surface area (Å²) in [5.41, 5.74) is 1.29. The van der Waals surface area contributed by atoms with Gasteiger partial charge in [-0.15, -0.1) is 0 Å². The first kappa shape index (κ1) is 21.4. The lowest BCUT2D eigenvalue weighted by molar-refractivity contribution is -0.116. The summed E-state index contributed by atoms with van der Waals surface area (Å²) in [4.78, 5) is 24.7. The standard InChI is InChI=1S/C20H20FN3O5S2/c21-15-11-16-12(1-4-19(25)22-16)9-18(15)31(28,29)23-13-2-3-17(14(10-13)20(26)27)24-5-7-30-8-6-24/h2-3,9-11,23H,1,4-8H2,(H,22,25)(H,26,27). The second-order valence-electron chi connectivity index (χ2n) is 7.23. The molecule has 1 saturated heterocycles. The molecule has 164 valence electrons. The van der Waals surface area contributed by atoms with Gasteiger partial charge < -0.3 is 15.3 Å². The minimum absolute atomic E-state index is 0.0259. The van der Waals surface area contributed by atoms with Crippen molar-refractivity contribution in [2.45, 2.75) is 17.7 Å². The van der Waals surface area contributed by atoms with Gasteiger partial charge in [-0.1, -0.05) is 0 Å². The van der Waals surface area contributed by atoms with Crippen LogP contribution in [0.25, 0.3) is 0 Å². The monoisotopic (exact) mass is 465 g/mol. The maximum absolute atomic E-state index is 14.5. The summed E-state index contributed by atoms with van der Waals surface area (Å²) in [6, 6.07) is 6.46. The van der Waals surface area contributed by atoms with Crippen molar-refractivity contribution in [2.24, 2.45) is 0 Å². The molecule has 8 nitrogen and oxygen atoms in total. The van der Waals surface area contributed by atoms with Gasteiger partial charge in [-0.05, 0) is 42.3 Å². The predicted molar refractivity (Wildman–Crippen MR) is 117 cm³/mol. The minimum Gasteiger partial charge on any atom is -0.478 e. The third-order valence-corrected chi connectivity index (χ3v) is 7.51.